The Hall–Kier alpha value is -0.720. The van der Waals surface area contributed by atoms with Crippen LogP contribution in [-0.2, 0) is 0 Å². The number of halogens is 4. The van der Waals surface area contributed by atoms with Crippen molar-refractivity contribution in [3.8, 4) is 0 Å². The van der Waals surface area contributed by atoms with E-state index in [0.29, 0.717) is 0 Å². The Morgan fingerprint density at radius 3 is 2.20 bits per heavy atom. The van der Waals surface area contributed by atoms with Crippen molar-refractivity contribution in [2.24, 2.45) is 0 Å². The summed E-state index contributed by atoms with van der Waals surface area (Å²) < 4.78 is 35.7. The van der Waals surface area contributed by atoms with E-state index in [4.69, 9.17) is 0 Å². The first-order valence-corrected chi connectivity index (χ1v) is 4.56. The lowest BCUT2D eigenvalue weighted by atomic mass is 10.3. The molecule has 1 atom stereocenters. The number of amides is 1. The molecular formula is C8H7ClF3NOS. The van der Waals surface area contributed by atoms with Crippen LogP contribution in [-0.4, -0.2) is 11.9 Å². The highest BCUT2D eigenvalue weighted by atomic mass is 35.5. The smallest absolute Gasteiger partial charge is 0.520 e. The molecule has 7 heteroatoms. The van der Waals surface area contributed by atoms with E-state index in [-0.39, 0.29) is 30.0 Å². The van der Waals surface area contributed by atoms with Crippen LogP contribution >= 0.6 is 11.9 Å². The molecule has 1 N–H and O–H groups in total. The maximum atomic E-state index is 12.4. The van der Waals surface area contributed by atoms with E-state index < -0.39 is 16.2 Å². The molecule has 1 amide bonds. The molecule has 1 aromatic carbocycles. The third-order valence-electron chi connectivity index (χ3n) is 1.42. The van der Waals surface area contributed by atoms with E-state index in [0.717, 1.165) is 0 Å². The molecular weight excluding hydrogens is 251 g/mol. The second kappa shape index (κ2) is 6.71. The summed E-state index contributed by atoms with van der Waals surface area (Å²) in [6, 6.07) is 7.55. The normalized spacial score (nSPS) is 12.0. The van der Waals surface area contributed by atoms with Crippen molar-refractivity contribution in [3.05, 3.63) is 30.3 Å². The predicted molar refractivity (Wildman–Crippen MR) is 47.2 cm³/mol. The van der Waals surface area contributed by atoms with Crippen molar-refractivity contribution in [1.82, 2.24) is 0 Å². The van der Waals surface area contributed by atoms with Crippen LogP contribution in [0, 0.1) is 0 Å². The minimum Gasteiger partial charge on any atom is -1.00 e. The molecule has 0 spiro atoms. The Morgan fingerprint density at radius 2 is 1.80 bits per heavy atom. The average Bonchev–Trinajstić information content (AvgIpc) is 2.15. The van der Waals surface area contributed by atoms with Gasteiger partial charge in [0.15, 0.2) is 17.6 Å². The van der Waals surface area contributed by atoms with E-state index >= 15 is 0 Å². The zero-order valence-electron chi connectivity index (χ0n) is 7.29. The Labute approximate surface area is 95.0 Å². The van der Waals surface area contributed by atoms with Gasteiger partial charge in [0.05, 0.1) is 0 Å². The van der Waals surface area contributed by atoms with E-state index in [2.05, 4.69) is 0 Å². The van der Waals surface area contributed by atoms with Gasteiger partial charge in [-0.25, -0.2) is 0 Å². The summed E-state index contributed by atoms with van der Waals surface area (Å²) in [6.07, 6.45) is -1.83. The molecule has 1 rings (SSSR count). The second-order valence-electron chi connectivity index (χ2n) is 2.35. The first-order valence-electron chi connectivity index (χ1n) is 3.68. The summed E-state index contributed by atoms with van der Waals surface area (Å²) >= 11 is -0.0805. The number of carbonyl (C=O) groups excluding carboxylic acids is 1. The van der Waals surface area contributed by atoms with E-state index in [9.17, 15) is 18.0 Å². The molecule has 15 heavy (non-hydrogen) atoms. The zero-order valence-corrected chi connectivity index (χ0v) is 8.86. The van der Waals surface area contributed by atoms with Crippen LogP contribution in [0.15, 0.2) is 30.3 Å². The van der Waals surface area contributed by atoms with Crippen molar-refractivity contribution in [3.63, 3.8) is 0 Å². The maximum Gasteiger partial charge on any atom is 0.520 e. The van der Waals surface area contributed by atoms with E-state index in [1.807, 2.05) is 0 Å². The van der Waals surface area contributed by atoms with Crippen molar-refractivity contribution in [2.75, 3.05) is 0 Å². The van der Waals surface area contributed by atoms with E-state index in [1.165, 1.54) is 12.1 Å². The minimum atomic E-state index is -2.80. The number of nitrogens with one attached hydrogen (secondary N) is 1. The van der Waals surface area contributed by atoms with E-state index in [1.54, 1.807) is 18.2 Å². The molecule has 1 aromatic rings. The van der Waals surface area contributed by atoms with Gasteiger partial charge in [-0.2, -0.15) is 13.6 Å². The Balaban J connectivity index is 0.00000196. The fourth-order valence-electron chi connectivity index (χ4n) is 0.906. The summed E-state index contributed by atoms with van der Waals surface area (Å²) in [7, 11) is 0. The number of benzene rings is 1. The van der Waals surface area contributed by atoms with Crippen LogP contribution in [0.4, 0.5) is 23.7 Å². The van der Waals surface area contributed by atoms with Crippen molar-refractivity contribution >= 4 is 23.8 Å². The number of alkyl halides is 2. The quantitative estimate of drug-likeness (QED) is 0.434. The molecule has 0 aromatic heterocycles. The third-order valence-corrected chi connectivity index (χ3v) is 2.23. The van der Waals surface area contributed by atoms with Crippen LogP contribution in [0.25, 0.3) is 0 Å². The lowest BCUT2D eigenvalue weighted by Crippen LogP contribution is -3.02. The Kier molecular flexibility index (Phi) is 6.38. The Bertz CT molecular complexity index is 312. The van der Waals surface area contributed by atoms with Gasteiger partial charge in [-0.1, -0.05) is 18.2 Å². The first kappa shape index (κ1) is 14.3. The summed E-state index contributed by atoms with van der Waals surface area (Å²) in [5.74, 6) is -2.80. The molecule has 0 aliphatic carbocycles. The van der Waals surface area contributed by atoms with Crippen LogP contribution in [0.5, 0.6) is 0 Å². The number of quaternary nitrogens is 1. The standard InChI is InChI=1S/C8H6F3NOS.ClH/c9-7(10)14-12(8(11)13)6-4-2-1-3-5-6;/h1-5,7H;1H. The molecule has 0 heterocycles. The molecule has 0 saturated heterocycles. The summed E-state index contributed by atoms with van der Waals surface area (Å²) in [6.45, 7) is 0. The predicted octanol–water partition coefficient (Wildman–Crippen LogP) is -0.833. The minimum absolute atomic E-state index is 0. The van der Waals surface area contributed by atoms with Crippen LogP contribution < -0.4 is 16.7 Å². The number of para-hydroxylation sites is 1. The molecule has 0 radical (unpaired) electrons. The molecule has 0 saturated carbocycles. The number of hydrogen-bond donors (Lipinski definition) is 1. The van der Waals surface area contributed by atoms with Gasteiger partial charge < -0.3 is 12.4 Å². The van der Waals surface area contributed by atoms with Gasteiger partial charge in [0.25, 0.3) is 0 Å². The second-order valence-corrected chi connectivity index (χ2v) is 3.35. The highest BCUT2D eigenvalue weighted by molar-refractivity contribution is 7.93. The van der Waals surface area contributed by atoms with Gasteiger partial charge in [0, 0.05) is 12.1 Å². The monoisotopic (exact) mass is 257 g/mol. The summed E-state index contributed by atoms with van der Waals surface area (Å²) in [5, 5.41) is 0. The van der Waals surface area contributed by atoms with Gasteiger partial charge in [0.2, 0.25) is 0 Å². The third kappa shape index (κ3) is 4.55. The van der Waals surface area contributed by atoms with Crippen LogP contribution in [0.3, 0.4) is 0 Å². The fourth-order valence-corrected chi connectivity index (χ4v) is 1.45. The van der Waals surface area contributed by atoms with Crippen LogP contribution in [0.1, 0.15) is 0 Å². The first-order chi connectivity index (χ1) is 6.61. The highest BCUT2D eigenvalue weighted by Gasteiger charge is 2.28. The molecule has 84 valence electrons. The maximum absolute atomic E-state index is 12.4. The van der Waals surface area contributed by atoms with Crippen molar-refractivity contribution < 1.29 is 34.7 Å². The van der Waals surface area contributed by atoms with Crippen LogP contribution in [0.2, 0.25) is 0 Å². The summed E-state index contributed by atoms with van der Waals surface area (Å²) in [4.78, 5) is 10.4. The number of hydrogen-bond acceptors (Lipinski definition) is 2. The molecule has 0 aliphatic rings. The van der Waals surface area contributed by atoms with Gasteiger partial charge in [-0.3, -0.25) is 0 Å². The molecule has 2 nitrogen and oxygen atoms in total. The molecule has 0 aliphatic heterocycles. The van der Waals surface area contributed by atoms with Crippen molar-refractivity contribution in [1.29, 1.82) is 0 Å². The molecule has 0 fully saturated rings. The lowest BCUT2D eigenvalue weighted by Gasteiger charge is -2.08. The van der Waals surface area contributed by atoms with Gasteiger partial charge in [-0.05, 0) is 0 Å². The Morgan fingerprint density at radius 1 is 1.27 bits per heavy atom. The zero-order chi connectivity index (χ0) is 10.6. The average molecular weight is 258 g/mol. The topological polar surface area (TPSA) is 21.5 Å². The SMILES string of the molecule is O=C(F)[NH+](SC(F)F)c1ccccc1.[Cl-]. The van der Waals surface area contributed by atoms with Crippen molar-refractivity contribution in [2.45, 2.75) is 5.76 Å². The number of carbonyl (C=O) groups is 1. The van der Waals surface area contributed by atoms with Gasteiger partial charge >= 0.3 is 11.9 Å². The highest BCUT2D eigenvalue weighted by Crippen LogP contribution is 2.10. The molecule has 0 bridgehead atoms. The van der Waals surface area contributed by atoms with Gasteiger partial charge in [0.1, 0.15) is 0 Å². The fraction of sp³-hybridized carbons (Fsp3) is 0.125. The lowest BCUT2D eigenvalue weighted by molar-refractivity contribution is -0.585. The summed E-state index contributed by atoms with van der Waals surface area (Å²) in [5.41, 5.74) is 0.172. The van der Waals surface area contributed by atoms with Gasteiger partial charge in [-0.15, -0.1) is 8.70 Å². The molecule has 1 unspecified atom stereocenters. The largest absolute Gasteiger partial charge is 1.00 e. The number of rotatable bonds is 3.